The van der Waals surface area contributed by atoms with Gasteiger partial charge in [-0.15, -0.1) is 11.3 Å². The number of rotatable bonds is 5. The molecule has 6 nitrogen and oxygen atoms in total. The lowest BCUT2D eigenvalue weighted by Gasteiger charge is -2.15. The highest BCUT2D eigenvalue weighted by molar-refractivity contribution is 8.00. The van der Waals surface area contributed by atoms with Crippen molar-refractivity contribution in [1.29, 1.82) is 5.26 Å². The van der Waals surface area contributed by atoms with E-state index in [0.717, 1.165) is 35.9 Å². The quantitative estimate of drug-likeness (QED) is 0.473. The molecule has 1 aliphatic rings. The number of thioether (sulfide) groups is 1. The third kappa shape index (κ3) is 3.87. The number of aromatic nitrogens is 2. The molecule has 1 amide bonds. The van der Waals surface area contributed by atoms with Gasteiger partial charge in [-0.1, -0.05) is 17.8 Å². The number of amides is 1. The fraction of sp³-hybridized carbons (Fsp3) is 0.364. The van der Waals surface area contributed by atoms with Gasteiger partial charge in [-0.3, -0.25) is 14.2 Å². The molecule has 1 aliphatic carbocycles. The van der Waals surface area contributed by atoms with Crippen LogP contribution < -0.4 is 10.9 Å². The Kier molecular flexibility index (Phi) is 5.93. The molecule has 0 radical (unpaired) electrons. The largest absolute Gasteiger partial charge is 0.325 e. The molecule has 0 spiro atoms. The molecule has 30 heavy (non-hydrogen) atoms. The van der Waals surface area contributed by atoms with Crippen molar-refractivity contribution in [2.75, 3.05) is 5.32 Å². The Hall–Kier alpha value is -2.63. The lowest BCUT2D eigenvalue weighted by molar-refractivity contribution is -0.115. The van der Waals surface area contributed by atoms with Crippen molar-refractivity contribution < 1.29 is 4.79 Å². The summed E-state index contributed by atoms with van der Waals surface area (Å²) in [7, 11) is 0. The monoisotopic (exact) mass is 438 g/mol. The van der Waals surface area contributed by atoms with E-state index in [2.05, 4.69) is 11.4 Å². The summed E-state index contributed by atoms with van der Waals surface area (Å²) in [6.45, 7) is 4.23. The van der Waals surface area contributed by atoms with E-state index in [-0.39, 0.29) is 11.5 Å². The Morgan fingerprint density at radius 2 is 2.20 bits per heavy atom. The summed E-state index contributed by atoms with van der Waals surface area (Å²) in [4.78, 5) is 32.8. The molecule has 4 rings (SSSR count). The molecule has 0 fully saturated rings. The number of thiophene rings is 1. The molecule has 1 N–H and O–H groups in total. The maximum atomic E-state index is 13.2. The number of fused-ring (bicyclic) bond motifs is 3. The van der Waals surface area contributed by atoms with Gasteiger partial charge >= 0.3 is 0 Å². The fourth-order valence-electron chi connectivity index (χ4n) is 3.71. The van der Waals surface area contributed by atoms with Crippen molar-refractivity contribution in [3.05, 3.63) is 50.6 Å². The van der Waals surface area contributed by atoms with E-state index in [0.29, 0.717) is 23.0 Å². The van der Waals surface area contributed by atoms with Crippen LogP contribution in [0, 0.1) is 11.3 Å². The summed E-state index contributed by atoms with van der Waals surface area (Å²) in [5, 5.41) is 12.8. The van der Waals surface area contributed by atoms with Crippen LogP contribution in [0.3, 0.4) is 0 Å². The van der Waals surface area contributed by atoms with Crippen LogP contribution >= 0.6 is 23.1 Å². The van der Waals surface area contributed by atoms with Gasteiger partial charge in [0.05, 0.1) is 22.3 Å². The van der Waals surface area contributed by atoms with E-state index in [9.17, 15) is 9.59 Å². The number of carbonyl (C=O) groups is 1. The van der Waals surface area contributed by atoms with Crippen LogP contribution in [0.4, 0.5) is 5.69 Å². The summed E-state index contributed by atoms with van der Waals surface area (Å²) >= 11 is 2.91. The zero-order valence-electron chi connectivity index (χ0n) is 16.9. The van der Waals surface area contributed by atoms with E-state index in [1.807, 2.05) is 6.92 Å². The summed E-state index contributed by atoms with van der Waals surface area (Å²) in [5.41, 5.74) is 2.25. The predicted octanol–water partition coefficient (Wildman–Crippen LogP) is 4.35. The Balaban J connectivity index is 1.61. The van der Waals surface area contributed by atoms with E-state index >= 15 is 0 Å². The Bertz CT molecular complexity index is 1220. The topological polar surface area (TPSA) is 87.8 Å². The number of hydrogen-bond acceptors (Lipinski definition) is 6. The van der Waals surface area contributed by atoms with Gasteiger partial charge in [0.15, 0.2) is 5.16 Å². The first kappa shape index (κ1) is 20.6. The van der Waals surface area contributed by atoms with Crippen LogP contribution in [-0.4, -0.2) is 20.7 Å². The third-order valence-corrected chi connectivity index (χ3v) is 7.54. The second-order valence-corrected chi connectivity index (χ2v) is 9.67. The predicted molar refractivity (Wildman–Crippen MR) is 121 cm³/mol. The van der Waals surface area contributed by atoms with Crippen LogP contribution in [0.15, 0.2) is 34.2 Å². The van der Waals surface area contributed by atoms with Gasteiger partial charge in [0.1, 0.15) is 4.83 Å². The fourth-order valence-corrected chi connectivity index (χ4v) is 5.99. The van der Waals surface area contributed by atoms with Gasteiger partial charge < -0.3 is 5.32 Å². The second-order valence-electron chi connectivity index (χ2n) is 7.28. The van der Waals surface area contributed by atoms with E-state index in [1.165, 1.54) is 22.2 Å². The number of carbonyl (C=O) groups excluding carboxylic acids is 1. The number of nitriles is 1. The Morgan fingerprint density at radius 1 is 1.40 bits per heavy atom. The first-order valence-electron chi connectivity index (χ1n) is 10.0. The Labute approximate surface area is 182 Å². The molecule has 1 atom stereocenters. The molecular formula is C22H22N4O2S2. The molecule has 2 heterocycles. The van der Waals surface area contributed by atoms with Crippen LogP contribution in [-0.2, 0) is 24.2 Å². The minimum absolute atomic E-state index is 0.00118. The van der Waals surface area contributed by atoms with Crippen LogP contribution in [0.1, 0.15) is 42.7 Å². The molecule has 0 saturated carbocycles. The first-order chi connectivity index (χ1) is 14.5. The van der Waals surface area contributed by atoms with Crippen molar-refractivity contribution in [3.63, 3.8) is 0 Å². The van der Waals surface area contributed by atoms with Crippen LogP contribution in [0.5, 0.6) is 0 Å². The highest BCUT2D eigenvalue weighted by Gasteiger charge is 2.24. The average molecular weight is 439 g/mol. The minimum Gasteiger partial charge on any atom is -0.325 e. The van der Waals surface area contributed by atoms with Gasteiger partial charge in [0.2, 0.25) is 5.91 Å². The lowest BCUT2D eigenvalue weighted by Crippen LogP contribution is -2.26. The maximum Gasteiger partial charge on any atom is 0.263 e. The van der Waals surface area contributed by atoms with Crippen molar-refractivity contribution in [2.24, 2.45) is 0 Å². The standard InChI is InChI=1S/C22H22N4O2S2/c1-3-26-21(28)18-16-9-4-5-10-17(16)30-20(18)25-22(26)29-13(2)19(27)24-15-8-6-7-14(11-15)12-23/h6-8,11,13H,3-5,9-10H2,1-2H3,(H,24,27). The molecule has 0 bridgehead atoms. The van der Waals surface area contributed by atoms with Crippen molar-refractivity contribution >= 4 is 44.9 Å². The zero-order valence-corrected chi connectivity index (χ0v) is 18.5. The average Bonchev–Trinajstić information content (AvgIpc) is 3.12. The molecule has 1 unspecified atom stereocenters. The van der Waals surface area contributed by atoms with Gasteiger partial charge in [0.25, 0.3) is 5.56 Å². The molecule has 1 aromatic carbocycles. The Morgan fingerprint density at radius 3 is 2.97 bits per heavy atom. The van der Waals surface area contributed by atoms with E-state index in [1.54, 1.807) is 47.1 Å². The molecule has 2 aromatic heterocycles. The van der Waals surface area contributed by atoms with Gasteiger partial charge in [-0.25, -0.2) is 4.98 Å². The van der Waals surface area contributed by atoms with Crippen molar-refractivity contribution in [3.8, 4) is 6.07 Å². The third-order valence-electron chi connectivity index (χ3n) is 5.27. The first-order valence-corrected chi connectivity index (χ1v) is 11.7. The van der Waals surface area contributed by atoms with E-state index in [4.69, 9.17) is 10.2 Å². The highest BCUT2D eigenvalue weighted by atomic mass is 32.2. The molecule has 0 saturated heterocycles. The van der Waals surface area contributed by atoms with Crippen molar-refractivity contribution in [2.45, 2.75) is 56.5 Å². The second kappa shape index (κ2) is 8.62. The minimum atomic E-state index is -0.451. The summed E-state index contributed by atoms with van der Waals surface area (Å²) in [5.74, 6) is -0.197. The van der Waals surface area contributed by atoms with Crippen molar-refractivity contribution in [1.82, 2.24) is 9.55 Å². The molecule has 8 heteroatoms. The molecule has 0 aliphatic heterocycles. The summed E-state index contributed by atoms with van der Waals surface area (Å²) < 4.78 is 1.68. The summed E-state index contributed by atoms with van der Waals surface area (Å²) in [6, 6.07) is 8.87. The summed E-state index contributed by atoms with van der Waals surface area (Å²) in [6.07, 6.45) is 4.24. The molecular weight excluding hydrogens is 416 g/mol. The lowest BCUT2D eigenvalue weighted by atomic mass is 9.97. The number of aryl methyl sites for hydroxylation is 2. The van der Waals surface area contributed by atoms with Crippen LogP contribution in [0.25, 0.3) is 10.2 Å². The molecule has 3 aromatic rings. The maximum absolute atomic E-state index is 13.2. The van der Waals surface area contributed by atoms with Gasteiger partial charge in [-0.2, -0.15) is 5.26 Å². The van der Waals surface area contributed by atoms with Gasteiger partial charge in [0, 0.05) is 17.1 Å². The number of nitrogens with zero attached hydrogens (tertiary/aromatic N) is 3. The normalized spacial score (nSPS) is 14.2. The van der Waals surface area contributed by atoms with Crippen LogP contribution in [0.2, 0.25) is 0 Å². The highest BCUT2D eigenvalue weighted by Crippen LogP contribution is 2.35. The number of anilines is 1. The SMILES string of the molecule is CCn1c(SC(C)C(=O)Nc2cccc(C#N)c2)nc2sc3c(c2c1=O)CCCC3. The molecule has 154 valence electrons. The number of hydrogen-bond donors (Lipinski definition) is 1. The van der Waals surface area contributed by atoms with Gasteiger partial charge in [-0.05, 0) is 63.3 Å². The smallest absolute Gasteiger partial charge is 0.263 e. The number of benzene rings is 1. The zero-order chi connectivity index (χ0) is 21.3. The number of nitrogens with one attached hydrogen (secondary N) is 1. The van der Waals surface area contributed by atoms with E-state index < -0.39 is 5.25 Å².